The normalized spacial score (nSPS) is 10.6. The maximum absolute atomic E-state index is 12.1. The van der Waals surface area contributed by atoms with Crippen molar-refractivity contribution in [2.75, 3.05) is 19.1 Å². The minimum absolute atomic E-state index is 0.387. The molecule has 0 aliphatic rings. The molecule has 5 heteroatoms. The molecule has 0 aliphatic carbocycles. The third kappa shape index (κ3) is 11.0. The Bertz CT molecular complexity index is 545. The molecule has 4 nitrogen and oxygen atoms in total. The number of halogens is 1. The average molecular weight is 397 g/mol. The summed E-state index contributed by atoms with van der Waals surface area (Å²) in [6.07, 6.45) is 10.6. The topological polar surface area (TPSA) is 52.6 Å². The molecule has 0 radical (unpaired) electrons. The van der Waals surface area contributed by atoms with E-state index in [1.165, 1.54) is 6.42 Å². The highest BCUT2D eigenvalue weighted by Crippen LogP contribution is 2.11. The summed E-state index contributed by atoms with van der Waals surface area (Å²) in [6.45, 7) is 2.96. The third-order valence-electron chi connectivity index (χ3n) is 4.33. The SMILES string of the molecule is CCCCCCOC(=O)c1cccc(C(=O)OCCCCCCCCCl)c1. The molecule has 0 heterocycles. The summed E-state index contributed by atoms with van der Waals surface area (Å²) < 4.78 is 10.6. The van der Waals surface area contributed by atoms with Crippen molar-refractivity contribution < 1.29 is 19.1 Å². The Morgan fingerprint density at radius 1 is 0.778 bits per heavy atom. The van der Waals surface area contributed by atoms with Crippen molar-refractivity contribution in [2.45, 2.75) is 71.1 Å². The van der Waals surface area contributed by atoms with Gasteiger partial charge in [0, 0.05) is 5.88 Å². The van der Waals surface area contributed by atoms with Gasteiger partial charge >= 0.3 is 11.9 Å². The molecule has 0 aliphatic heterocycles. The van der Waals surface area contributed by atoms with Crippen molar-refractivity contribution >= 4 is 23.5 Å². The minimum atomic E-state index is -0.394. The number of benzene rings is 1. The summed E-state index contributed by atoms with van der Waals surface area (Å²) in [4.78, 5) is 24.2. The van der Waals surface area contributed by atoms with Crippen molar-refractivity contribution in [3.05, 3.63) is 35.4 Å². The minimum Gasteiger partial charge on any atom is -0.462 e. The first kappa shape index (κ1) is 23.5. The van der Waals surface area contributed by atoms with Gasteiger partial charge in [0.15, 0.2) is 0 Å². The molecular formula is C22H33ClO4. The molecule has 1 rings (SSSR count). The number of hydrogen-bond acceptors (Lipinski definition) is 4. The van der Waals surface area contributed by atoms with Gasteiger partial charge in [0.2, 0.25) is 0 Å². The van der Waals surface area contributed by atoms with Gasteiger partial charge in [-0.2, -0.15) is 0 Å². The maximum atomic E-state index is 12.1. The lowest BCUT2D eigenvalue weighted by atomic mass is 10.1. The van der Waals surface area contributed by atoms with E-state index in [9.17, 15) is 9.59 Å². The van der Waals surface area contributed by atoms with Gasteiger partial charge in [0.1, 0.15) is 0 Å². The molecule has 0 saturated heterocycles. The zero-order valence-electron chi connectivity index (χ0n) is 16.5. The maximum Gasteiger partial charge on any atom is 0.338 e. The lowest BCUT2D eigenvalue weighted by Crippen LogP contribution is -2.10. The molecule has 0 N–H and O–H groups in total. The zero-order chi connectivity index (χ0) is 19.7. The fourth-order valence-corrected chi connectivity index (χ4v) is 2.89. The van der Waals surface area contributed by atoms with Crippen molar-refractivity contribution in [2.24, 2.45) is 0 Å². The van der Waals surface area contributed by atoms with E-state index in [1.807, 2.05) is 0 Å². The number of esters is 2. The van der Waals surface area contributed by atoms with Crippen LogP contribution in [0.5, 0.6) is 0 Å². The van der Waals surface area contributed by atoms with Crippen LogP contribution >= 0.6 is 11.6 Å². The summed E-state index contributed by atoms with van der Waals surface area (Å²) in [5.74, 6) is -0.0591. The van der Waals surface area contributed by atoms with Crippen molar-refractivity contribution in [3.8, 4) is 0 Å². The number of carbonyl (C=O) groups is 2. The van der Waals surface area contributed by atoms with E-state index < -0.39 is 11.9 Å². The zero-order valence-corrected chi connectivity index (χ0v) is 17.3. The number of unbranched alkanes of at least 4 members (excludes halogenated alkanes) is 8. The van der Waals surface area contributed by atoms with Crippen LogP contribution in [0.1, 0.15) is 91.8 Å². The predicted octanol–water partition coefficient (Wildman–Crippen LogP) is 6.16. The van der Waals surface area contributed by atoms with Gasteiger partial charge in [-0.25, -0.2) is 9.59 Å². The van der Waals surface area contributed by atoms with E-state index in [0.29, 0.717) is 24.3 Å². The lowest BCUT2D eigenvalue weighted by molar-refractivity contribution is 0.0496. The number of alkyl halides is 1. The smallest absolute Gasteiger partial charge is 0.338 e. The van der Waals surface area contributed by atoms with E-state index >= 15 is 0 Å². The highest BCUT2D eigenvalue weighted by molar-refractivity contribution is 6.17. The number of hydrogen-bond donors (Lipinski definition) is 0. The Morgan fingerprint density at radius 2 is 1.26 bits per heavy atom. The van der Waals surface area contributed by atoms with Crippen LogP contribution < -0.4 is 0 Å². The molecule has 0 fully saturated rings. The molecule has 0 unspecified atom stereocenters. The largest absolute Gasteiger partial charge is 0.462 e. The lowest BCUT2D eigenvalue weighted by Gasteiger charge is -2.07. The Labute approximate surface area is 168 Å². The molecule has 0 saturated carbocycles. The van der Waals surface area contributed by atoms with E-state index in [4.69, 9.17) is 21.1 Å². The van der Waals surface area contributed by atoms with Gasteiger partial charge in [0.05, 0.1) is 24.3 Å². The summed E-state index contributed by atoms with van der Waals surface area (Å²) in [7, 11) is 0. The number of rotatable bonds is 15. The first-order chi connectivity index (χ1) is 13.2. The molecular weight excluding hydrogens is 364 g/mol. The van der Waals surface area contributed by atoms with Crippen molar-refractivity contribution in [1.82, 2.24) is 0 Å². The molecule has 152 valence electrons. The van der Waals surface area contributed by atoms with Gasteiger partial charge in [-0.3, -0.25) is 0 Å². The van der Waals surface area contributed by atoms with Crippen LogP contribution in [-0.4, -0.2) is 31.0 Å². The first-order valence-electron chi connectivity index (χ1n) is 10.2. The van der Waals surface area contributed by atoms with Gasteiger partial charge in [-0.05, 0) is 37.5 Å². The summed E-state index contributed by atoms with van der Waals surface area (Å²) in [6, 6.07) is 6.54. The quantitative estimate of drug-likeness (QED) is 0.202. The third-order valence-corrected chi connectivity index (χ3v) is 4.59. The fourth-order valence-electron chi connectivity index (χ4n) is 2.70. The molecule has 0 bridgehead atoms. The summed E-state index contributed by atoms with van der Waals surface area (Å²) in [5, 5.41) is 0. The van der Waals surface area contributed by atoms with E-state index in [0.717, 1.165) is 63.7 Å². The van der Waals surface area contributed by atoms with Gasteiger partial charge in [-0.1, -0.05) is 57.9 Å². The van der Waals surface area contributed by atoms with Crippen LogP contribution in [0.2, 0.25) is 0 Å². The fraction of sp³-hybridized carbons (Fsp3) is 0.636. The standard InChI is InChI=1S/C22H33ClO4/c1-2-3-4-10-16-26-21(24)19-13-12-14-20(18-19)22(25)27-17-11-8-6-5-7-9-15-23/h12-14,18H,2-11,15-17H2,1H3. The molecule has 0 amide bonds. The first-order valence-corrected chi connectivity index (χ1v) is 10.7. The van der Waals surface area contributed by atoms with Crippen LogP contribution in [0, 0.1) is 0 Å². The molecule has 0 spiro atoms. The van der Waals surface area contributed by atoms with Crippen molar-refractivity contribution in [1.29, 1.82) is 0 Å². The second-order valence-electron chi connectivity index (χ2n) is 6.72. The average Bonchev–Trinajstić information content (AvgIpc) is 2.69. The van der Waals surface area contributed by atoms with Crippen LogP contribution in [0.25, 0.3) is 0 Å². The Kier molecular flexibility index (Phi) is 13.5. The molecule has 0 aromatic heterocycles. The van der Waals surface area contributed by atoms with Crippen molar-refractivity contribution in [3.63, 3.8) is 0 Å². The number of ether oxygens (including phenoxy) is 2. The van der Waals surface area contributed by atoms with E-state index in [-0.39, 0.29) is 0 Å². The summed E-state index contributed by atoms with van der Waals surface area (Å²) >= 11 is 5.64. The van der Waals surface area contributed by atoms with E-state index in [2.05, 4.69) is 6.92 Å². The second kappa shape index (κ2) is 15.5. The molecule has 1 aromatic rings. The Balaban J connectivity index is 2.29. The molecule has 1 aromatic carbocycles. The number of carbonyl (C=O) groups excluding carboxylic acids is 2. The molecule has 27 heavy (non-hydrogen) atoms. The van der Waals surface area contributed by atoms with Crippen LogP contribution in [0.3, 0.4) is 0 Å². The van der Waals surface area contributed by atoms with Crippen LogP contribution in [0.4, 0.5) is 0 Å². The second-order valence-corrected chi connectivity index (χ2v) is 7.10. The monoisotopic (exact) mass is 396 g/mol. The predicted molar refractivity (Wildman–Crippen MR) is 110 cm³/mol. The highest BCUT2D eigenvalue weighted by atomic mass is 35.5. The Morgan fingerprint density at radius 3 is 1.78 bits per heavy atom. The van der Waals surface area contributed by atoms with Crippen LogP contribution in [-0.2, 0) is 9.47 Å². The summed E-state index contributed by atoms with van der Waals surface area (Å²) in [5.41, 5.74) is 0.775. The Hall–Kier alpha value is -1.55. The van der Waals surface area contributed by atoms with Gasteiger partial charge in [-0.15, -0.1) is 11.6 Å². The van der Waals surface area contributed by atoms with Gasteiger partial charge < -0.3 is 9.47 Å². The molecule has 0 atom stereocenters. The van der Waals surface area contributed by atoms with Crippen LogP contribution in [0.15, 0.2) is 24.3 Å². The van der Waals surface area contributed by atoms with E-state index in [1.54, 1.807) is 24.3 Å². The van der Waals surface area contributed by atoms with Gasteiger partial charge in [0.25, 0.3) is 0 Å². The highest BCUT2D eigenvalue weighted by Gasteiger charge is 2.12.